The lowest BCUT2D eigenvalue weighted by Gasteiger charge is -2.18. The Morgan fingerprint density at radius 1 is 1.12 bits per heavy atom. The van der Waals surface area contributed by atoms with E-state index < -0.39 is 12.0 Å². The number of amides is 1. The van der Waals surface area contributed by atoms with Crippen LogP contribution in [0.3, 0.4) is 0 Å². The number of tetrazole rings is 1. The summed E-state index contributed by atoms with van der Waals surface area (Å²) in [6, 6.07) is 15.6. The number of rotatable bonds is 6. The van der Waals surface area contributed by atoms with Gasteiger partial charge in [-0.05, 0) is 40.3 Å². The van der Waals surface area contributed by atoms with Crippen molar-refractivity contribution in [2.75, 3.05) is 7.11 Å². The summed E-state index contributed by atoms with van der Waals surface area (Å²) in [7, 11) is 1.32. The number of hydrogen-bond donors (Lipinski definition) is 1. The van der Waals surface area contributed by atoms with Crippen molar-refractivity contribution < 1.29 is 14.3 Å². The summed E-state index contributed by atoms with van der Waals surface area (Å²) in [5, 5.41) is 13.8. The zero-order chi connectivity index (χ0) is 18.4. The largest absolute Gasteiger partial charge is 0.469 e. The highest BCUT2D eigenvalue weighted by atomic mass is 16.5. The van der Waals surface area contributed by atoms with Crippen LogP contribution < -0.4 is 5.32 Å². The molecule has 132 valence electrons. The van der Waals surface area contributed by atoms with Crippen LogP contribution in [-0.4, -0.2) is 39.2 Å². The second kappa shape index (κ2) is 8.02. The molecule has 0 bridgehead atoms. The summed E-state index contributed by atoms with van der Waals surface area (Å²) in [6.07, 6.45) is 1.52. The van der Waals surface area contributed by atoms with Crippen molar-refractivity contribution in [3.8, 4) is 5.69 Å². The first kappa shape index (κ1) is 17.3. The fourth-order valence-electron chi connectivity index (χ4n) is 2.47. The molecule has 0 saturated heterocycles. The van der Waals surface area contributed by atoms with Gasteiger partial charge in [0.25, 0.3) is 5.91 Å². The van der Waals surface area contributed by atoms with Gasteiger partial charge in [-0.3, -0.25) is 9.59 Å². The van der Waals surface area contributed by atoms with Crippen molar-refractivity contribution in [1.29, 1.82) is 0 Å². The predicted molar refractivity (Wildman–Crippen MR) is 92.4 cm³/mol. The average Bonchev–Trinajstić information content (AvgIpc) is 3.23. The minimum atomic E-state index is -0.477. The molecule has 0 aliphatic rings. The van der Waals surface area contributed by atoms with E-state index in [1.54, 1.807) is 24.3 Å². The van der Waals surface area contributed by atoms with Gasteiger partial charge < -0.3 is 10.1 Å². The molecule has 1 heterocycles. The molecule has 0 radical (unpaired) electrons. The van der Waals surface area contributed by atoms with Crippen LogP contribution in [0.2, 0.25) is 0 Å². The van der Waals surface area contributed by atoms with Gasteiger partial charge in [0.05, 0.1) is 25.3 Å². The van der Waals surface area contributed by atoms with E-state index in [0.29, 0.717) is 5.56 Å². The molecule has 0 fully saturated rings. The van der Waals surface area contributed by atoms with Crippen LogP contribution in [-0.2, 0) is 9.53 Å². The van der Waals surface area contributed by atoms with Crippen molar-refractivity contribution in [3.63, 3.8) is 0 Å². The van der Waals surface area contributed by atoms with Crippen LogP contribution in [0.5, 0.6) is 0 Å². The summed E-state index contributed by atoms with van der Waals surface area (Å²) in [6.45, 7) is 0. The number of hydrogen-bond acceptors (Lipinski definition) is 6. The third-order valence-electron chi connectivity index (χ3n) is 3.85. The fourth-order valence-corrected chi connectivity index (χ4v) is 2.47. The first-order chi connectivity index (χ1) is 12.7. The molecule has 1 aromatic heterocycles. The maximum atomic E-state index is 12.6. The maximum absolute atomic E-state index is 12.6. The minimum absolute atomic E-state index is 0.0506. The summed E-state index contributed by atoms with van der Waals surface area (Å²) in [4.78, 5) is 24.3. The number of nitrogens with zero attached hydrogens (tertiary/aromatic N) is 4. The number of methoxy groups -OCH3 is 1. The van der Waals surface area contributed by atoms with Crippen LogP contribution in [0.4, 0.5) is 0 Å². The molecule has 1 amide bonds. The lowest BCUT2D eigenvalue weighted by Crippen LogP contribution is -2.30. The van der Waals surface area contributed by atoms with E-state index in [1.165, 1.54) is 18.1 Å². The number of esters is 1. The Morgan fingerprint density at radius 3 is 2.46 bits per heavy atom. The van der Waals surface area contributed by atoms with Gasteiger partial charge in [0.2, 0.25) is 0 Å². The quantitative estimate of drug-likeness (QED) is 0.679. The standard InChI is InChI=1S/C18H17N5O3/c1-26-17(24)11-16(13-5-3-2-4-6-13)20-18(25)14-7-9-15(10-8-14)23-12-19-21-22-23/h2-10,12,16H,11H2,1H3,(H,20,25)/t16-/m1/s1. The Kier molecular flexibility index (Phi) is 5.33. The van der Waals surface area contributed by atoms with E-state index in [1.807, 2.05) is 30.3 Å². The highest BCUT2D eigenvalue weighted by molar-refractivity contribution is 5.94. The molecule has 3 aromatic rings. The smallest absolute Gasteiger partial charge is 0.307 e. The molecule has 26 heavy (non-hydrogen) atoms. The topological polar surface area (TPSA) is 99.0 Å². The molecular formula is C18H17N5O3. The van der Waals surface area contributed by atoms with E-state index in [-0.39, 0.29) is 12.3 Å². The van der Waals surface area contributed by atoms with Crippen LogP contribution in [0.15, 0.2) is 60.9 Å². The monoisotopic (exact) mass is 351 g/mol. The molecule has 0 unspecified atom stereocenters. The average molecular weight is 351 g/mol. The van der Waals surface area contributed by atoms with Gasteiger partial charge in [-0.1, -0.05) is 30.3 Å². The van der Waals surface area contributed by atoms with Crippen LogP contribution >= 0.6 is 0 Å². The summed E-state index contributed by atoms with van der Waals surface area (Å²) >= 11 is 0. The van der Waals surface area contributed by atoms with E-state index in [2.05, 4.69) is 20.8 Å². The lowest BCUT2D eigenvalue weighted by molar-refractivity contribution is -0.141. The molecule has 2 aromatic carbocycles. The second-order valence-electron chi connectivity index (χ2n) is 5.52. The molecule has 1 atom stereocenters. The van der Waals surface area contributed by atoms with Crippen molar-refractivity contribution in [3.05, 3.63) is 72.1 Å². The molecule has 8 nitrogen and oxygen atoms in total. The molecule has 3 rings (SSSR count). The normalized spacial score (nSPS) is 11.6. The number of benzene rings is 2. The van der Waals surface area contributed by atoms with Gasteiger partial charge in [-0.25, -0.2) is 4.68 Å². The van der Waals surface area contributed by atoms with E-state index in [0.717, 1.165) is 11.3 Å². The zero-order valence-corrected chi connectivity index (χ0v) is 14.1. The Balaban J connectivity index is 1.75. The Morgan fingerprint density at radius 2 is 1.85 bits per heavy atom. The maximum Gasteiger partial charge on any atom is 0.307 e. The highest BCUT2D eigenvalue weighted by Gasteiger charge is 2.19. The molecule has 0 spiro atoms. The third kappa shape index (κ3) is 4.10. The fraction of sp³-hybridized carbons (Fsp3) is 0.167. The van der Waals surface area contributed by atoms with Gasteiger partial charge >= 0.3 is 5.97 Å². The van der Waals surface area contributed by atoms with Gasteiger partial charge in [-0.15, -0.1) is 5.10 Å². The predicted octanol–water partition coefficient (Wildman–Crippen LogP) is 1.70. The van der Waals surface area contributed by atoms with E-state index in [4.69, 9.17) is 4.74 Å². The first-order valence-electron chi connectivity index (χ1n) is 7.93. The third-order valence-corrected chi connectivity index (χ3v) is 3.85. The molecule has 0 aliphatic heterocycles. The van der Waals surface area contributed by atoms with E-state index >= 15 is 0 Å². The molecule has 8 heteroatoms. The Hall–Kier alpha value is -3.55. The molecular weight excluding hydrogens is 334 g/mol. The highest BCUT2D eigenvalue weighted by Crippen LogP contribution is 2.18. The summed E-state index contributed by atoms with van der Waals surface area (Å²) < 4.78 is 6.23. The van der Waals surface area contributed by atoms with Gasteiger partial charge in [-0.2, -0.15) is 0 Å². The number of carbonyl (C=O) groups is 2. The second-order valence-corrected chi connectivity index (χ2v) is 5.52. The summed E-state index contributed by atoms with van der Waals surface area (Å²) in [5.41, 5.74) is 2.03. The molecule has 1 N–H and O–H groups in total. The Labute approximate surface area is 149 Å². The molecule has 0 aliphatic carbocycles. The lowest BCUT2D eigenvalue weighted by atomic mass is 10.0. The van der Waals surface area contributed by atoms with Crippen LogP contribution in [0, 0.1) is 0 Å². The van der Waals surface area contributed by atoms with Crippen molar-refractivity contribution in [1.82, 2.24) is 25.5 Å². The number of ether oxygens (including phenoxy) is 1. The van der Waals surface area contributed by atoms with Crippen LogP contribution in [0.25, 0.3) is 5.69 Å². The number of aromatic nitrogens is 4. The van der Waals surface area contributed by atoms with Crippen molar-refractivity contribution in [2.45, 2.75) is 12.5 Å². The van der Waals surface area contributed by atoms with Crippen molar-refractivity contribution in [2.24, 2.45) is 0 Å². The zero-order valence-electron chi connectivity index (χ0n) is 14.1. The van der Waals surface area contributed by atoms with Gasteiger partial charge in [0, 0.05) is 5.56 Å². The first-order valence-corrected chi connectivity index (χ1v) is 7.93. The Bertz CT molecular complexity index is 864. The minimum Gasteiger partial charge on any atom is -0.469 e. The SMILES string of the molecule is COC(=O)C[C@@H](NC(=O)c1ccc(-n2cnnn2)cc1)c1ccccc1. The van der Waals surface area contributed by atoms with Gasteiger partial charge in [0.1, 0.15) is 6.33 Å². The van der Waals surface area contributed by atoms with Crippen LogP contribution in [0.1, 0.15) is 28.4 Å². The summed E-state index contributed by atoms with van der Waals surface area (Å²) in [5.74, 6) is -0.681. The van der Waals surface area contributed by atoms with Crippen molar-refractivity contribution >= 4 is 11.9 Å². The number of carbonyl (C=O) groups excluding carboxylic acids is 2. The number of nitrogens with one attached hydrogen (secondary N) is 1. The van der Waals surface area contributed by atoms with E-state index in [9.17, 15) is 9.59 Å². The van der Waals surface area contributed by atoms with Gasteiger partial charge in [0.15, 0.2) is 0 Å². The molecule has 0 saturated carbocycles.